The van der Waals surface area contributed by atoms with Crippen LogP contribution in [0.2, 0.25) is 0 Å². The zero-order chi connectivity index (χ0) is 15.7. The van der Waals surface area contributed by atoms with E-state index >= 15 is 0 Å². The topological polar surface area (TPSA) is 91.8 Å². The van der Waals surface area contributed by atoms with Gasteiger partial charge in [-0.2, -0.15) is 10.4 Å². The van der Waals surface area contributed by atoms with Gasteiger partial charge in [0.1, 0.15) is 0 Å². The van der Waals surface area contributed by atoms with Gasteiger partial charge >= 0.3 is 5.97 Å². The highest BCUT2D eigenvalue weighted by Crippen LogP contribution is 2.24. The van der Waals surface area contributed by atoms with Crippen LogP contribution in [0.4, 0.5) is 0 Å². The lowest BCUT2D eigenvalue weighted by Gasteiger charge is -2.06. The number of carbonyl (C=O) groups is 1. The normalized spacial score (nSPS) is 10.5. The second-order valence-electron chi connectivity index (χ2n) is 4.59. The number of aromatic carboxylic acids is 1. The Kier molecular flexibility index (Phi) is 3.61. The number of rotatable bonds is 3. The first-order valence-corrected chi connectivity index (χ1v) is 7.13. The molecular formula is C15H9BrN4O2. The summed E-state index contributed by atoms with van der Waals surface area (Å²) in [6, 6.07) is 10.9. The van der Waals surface area contributed by atoms with Crippen molar-refractivity contribution in [2.24, 2.45) is 0 Å². The van der Waals surface area contributed by atoms with Gasteiger partial charge in [0.25, 0.3) is 0 Å². The fourth-order valence-corrected chi connectivity index (χ4v) is 2.77. The van der Waals surface area contributed by atoms with Crippen molar-refractivity contribution in [3.05, 3.63) is 52.3 Å². The van der Waals surface area contributed by atoms with Crippen molar-refractivity contribution in [2.75, 3.05) is 0 Å². The molecule has 0 aliphatic carbocycles. The summed E-state index contributed by atoms with van der Waals surface area (Å²) >= 11 is 3.39. The highest BCUT2D eigenvalue weighted by molar-refractivity contribution is 9.10. The van der Waals surface area contributed by atoms with Gasteiger partial charge in [0.15, 0.2) is 11.3 Å². The predicted molar refractivity (Wildman–Crippen MR) is 82.8 cm³/mol. The van der Waals surface area contributed by atoms with Crippen LogP contribution in [0.15, 0.2) is 41.0 Å². The number of fused-ring (bicyclic) bond motifs is 1. The Morgan fingerprint density at radius 3 is 2.95 bits per heavy atom. The van der Waals surface area contributed by atoms with E-state index in [0.29, 0.717) is 16.7 Å². The van der Waals surface area contributed by atoms with Gasteiger partial charge in [-0.15, -0.1) is 0 Å². The van der Waals surface area contributed by atoms with Crippen molar-refractivity contribution in [1.82, 2.24) is 14.8 Å². The van der Waals surface area contributed by atoms with E-state index in [0.717, 1.165) is 10.0 Å². The third-order valence-corrected chi connectivity index (χ3v) is 3.57. The monoisotopic (exact) mass is 356 g/mol. The van der Waals surface area contributed by atoms with Crippen LogP contribution in [0.25, 0.3) is 16.7 Å². The number of benzene rings is 1. The first-order chi connectivity index (χ1) is 10.6. The molecule has 1 aromatic carbocycles. The summed E-state index contributed by atoms with van der Waals surface area (Å²) in [5, 5.41) is 22.7. The second-order valence-corrected chi connectivity index (χ2v) is 5.51. The van der Waals surface area contributed by atoms with Gasteiger partial charge in [-0.1, -0.05) is 15.9 Å². The molecule has 3 aromatic rings. The van der Waals surface area contributed by atoms with E-state index in [1.807, 2.05) is 6.07 Å². The van der Waals surface area contributed by atoms with Gasteiger partial charge in [0.05, 0.1) is 23.6 Å². The average molecular weight is 357 g/mol. The van der Waals surface area contributed by atoms with E-state index in [9.17, 15) is 9.90 Å². The molecule has 0 aliphatic rings. The van der Waals surface area contributed by atoms with Crippen molar-refractivity contribution in [1.29, 1.82) is 5.26 Å². The lowest BCUT2D eigenvalue weighted by atomic mass is 10.1. The molecule has 7 heteroatoms. The molecule has 0 bridgehead atoms. The molecule has 6 nitrogen and oxygen atoms in total. The zero-order valence-corrected chi connectivity index (χ0v) is 12.8. The highest BCUT2D eigenvalue weighted by Gasteiger charge is 2.18. The molecule has 0 saturated heterocycles. The number of carboxylic acid groups (broad SMARTS) is 1. The lowest BCUT2D eigenvalue weighted by molar-refractivity contribution is 0.0692. The number of hydrogen-bond donors (Lipinski definition) is 1. The van der Waals surface area contributed by atoms with E-state index in [4.69, 9.17) is 5.26 Å². The van der Waals surface area contributed by atoms with Crippen LogP contribution in [-0.4, -0.2) is 25.8 Å². The van der Waals surface area contributed by atoms with Gasteiger partial charge in [-0.05, 0) is 35.9 Å². The molecule has 22 heavy (non-hydrogen) atoms. The van der Waals surface area contributed by atoms with E-state index in [1.54, 1.807) is 30.5 Å². The Labute approximate surface area is 133 Å². The first kappa shape index (κ1) is 14.2. The minimum absolute atomic E-state index is 0.0510. The van der Waals surface area contributed by atoms with Gasteiger partial charge in [0.2, 0.25) is 0 Å². The SMILES string of the molecule is N#CCc1cc(Br)cc(-n2nc(C(=O)O)c3cccnc32)c1. The molecule has 1 N–H and O–H groups in total. The number of hydrogen-bond acceptors (Lipinski definition) is 4. The van der Waals surface area contributed by atoms with Crippen molar-refractivity contribution in [2.45, 2.75) is 6.42 Å². The number of halogens is 1. The number of aromatic nitrogens is 3. The first-order valence-electron chi connectivity index (χ1n) is 6.34. The predicted octanol–water partition coefficient (Wildman–Crippen LogP) is 2.95. The van der Waals surface area contributed by atoms with E-state index < -0.39 is 5.97 Å². The maximum atomic E-state index is 11.3. The summed E-state index contributed by atoms with van der Waals surface area (Å²) in [4.78, 5) is 15.6. The molecule has 0 unspecified atom stereocenters. The minimum Gasteiger partial charge on any atom is -0.476 e. The minimum atomic E-state index is -1.11. The van der Waals surface area contributed by atoms with E-state index in [2.05, 4.69) is 32.1 Å². The summed E-state index contributed by atoms with van der Waals surface area (Å²) in [7, 11) is 0. The average Bonchev–Trinajstić information content (AvgIpc) is 2.87. The molecule has 0 saturated carbocycles. The molecule has 0 radical (unpaired) electrons. The number of carboxylic acids is 1. The fraction of sp³-hybridized carbons (Fsp3) is 0.0667. The lowest BCUT2D eigenvalue weighted by Crippen LogP contribution is -2.02. The molecule has 2 heterocycles. The van der Waals surface area contributed by atoms with Gasteiger partial charge in [0, 0.05) is 10.7 Å². The molecule has 0 aliphatic heterocycles. The smallest absolute Gasteiger partial charge is 0.357 e. The third kappa shape index (κ3) is 2.44. The fourth-order valence-electron chi connectivity index (χ4n) is 2.24. The van der Waals surface area contributed by atoms with Crippen LogP contribution >= 0.6 is 15.9 Å². The molecule has 0 fully saturated rings. The largest absolute Gasteiger partial charge is 0.476 e. The molecule has 3 rings (SSSR count). The van der Waals surface area contributed by atoms with Crippen molar-refractivity contribution < 1.29 is 9.90 Å². The number of nitrogens with zero attached hydrogens (tertiary/aromatic N) is 4. The van der Waals surface area contributed by atoms with Gasteiger partial charge in [-0.25, -0.2) is 14.5 Å². The molecular weight excluding hydrogens is 348 g/mol. The molecule has 0 atom stereocenters. The maximum Gasteiger partial charge on any atom is 0.357 e. The Balaban J connectivity index is 2.27. The third-order valence-electron chi connectivity index (χ3n) is 3.12. The molecule has 0 spiro atoms. The van der Waals surface area contributed by atoms with Crippen LogP contribution in [0.5, 0.6) is 0 Å². The Hall–Kier alpha value is -2.72. The summed E-state index contributed by atoms with van der Waals surface area (Å²) < 4.78 is 2.26. The zero-order valence-electron chi connectivity index (χ0n) is 11.2. The second kappa shape index (κ2) is 5.58. The van der Waals surface area contributed by atoms with Crippen molar-refractivity contribution in [3.8, 4) is 11.8 Å². The standard InChI is InChI=1S/C15H9BrN4O2/c16-10-6-9(3-4-17)7-11(8-10)20-14-12(2-1-5-18-14)13(19-20)15(21)22/h1-2,5-8H,3H2,(H,21,22). The van der Waals surface area contributed by atoms with E-state index in [1.165, 1.54) is 4.68 Å². The summed E-state index contributed by atoms with van der Waals surface area (Å²) in [6.07, 6.45) is 1.84. The Morgan fingerprint density at radius 2 is 2.23 bits per heavy atom. The summed E-state index contributed by atoms with van der Waals surface area (Å²) in [5.74, 6) is -1.11. The van der Waals surface area contributed by atoms with Crippen molar-refractivity contribution >= 4 is 32.9 Å². The van der Waals surface area contributed by atoms with Crippen LogP contribution in [0.3, 0.4) is 0 Å². The van der Waals surface area contributed by atoms with Crippen LogP contribution in [0.1, 0.15) is 16.1 Å². The van der Waals surface area contributed by atoms with Gasteiger partial charge < -0.3 is 5.11 Å². The number of pyridine rings is 1. The molecule has 2 aromatic heterocycles. The van der Waals surface area contributed by atoms with Crippen molar-refractivity contribution in [3.63, 3.8) is 0 Å². The maximum absolute atomic E-state index is 11.3. The van der Waals surface area contributed by atoms with Crippen LogP contribution < -0.4 is 0 Å². The highest BCUT2D eigenvalue weighted by atomic mass is 79.9. The number of nitriles is 1. The summed E-state index contributed by atoms with van der Waals surface area (Å²) in [5.41, 5.74) is 1.87. The Bertz CT molecular complexity index is 927. The molecule has 108 valence electrons. The quantitative estimate of drug-likeness (QED) is 0.778. The van der Waals surface area contributed by atoms with Gasteiger partial charge in [-0.3, -0.25) is 0 Å². The van der Waals surface area contributed by atoms with Crippen LogP contribution in [0, 0.1) is 11.3 Å². The molecule has 0 amide bonds. The van der Waals surface area contributed by atoms with E-state index in [-0.39, 0.29) is 12.1 Å². The van der Waals surface area contributed by atoms with Crippen LogP contribution in [-0.2, 0) is 6.42 Å². The Morgan fingerprint density at radius 1 is 1.41 bits per heavy atom. The summed E-state index contributed by atoms with van der Waals surface area (Å²) in [6.45, 7) is 0.